The number of pyridine rings is 1. The molecule has 4 heteroatoms. The fraction of sp³-hybridized carbons (Fsp3) is 0.214. The van der Waals surface area contributed by atoms with Gasteiger partial charge in [0, 0.05) is 0 Å². The van der Waals surface area contributed by atoms with Crippen LogP contribution >= 0.6 is 11.6 Å². The van der Waals surface area contributed by atoms with Gasteiger partial charge in [-0.1, -0.05) is 17.7 Å². The Bertz CT molecular complexity index is 538. The van der Waals surface area contributed by atoms with Crippen LogP contribution in [0.1, 0.15) is 24.3 Å². The van der Waals surface area contributed by atoms with E-state index in [0.717, 1.165) is 5.56 Å². The van der Waals surface area contributed by atoms with Gasteiger partial charge >= 0.3 is 0 Å². The minimum absolute atomic E-state index is 0.564. The number of ether oxygens (including phenoxy) is 1. The van der Waals surface area contributed by atoms with Gasteiger partial charge in [0.15, 0.2) is 0 Å². The van der Waals surface area contributed by atoms with Crippen molar-refractivity contribution in [1.82, 2.24) is 4.98 Å². The molecule has 94 valence electrons. The summed E-state index contributed by atoms with van der Waals surface area (Å²) in [6.07, 6.45) is 0.986. The molecule has 0 spiro atoms. The van der Waals surface area contributed by atoms with Crippen LogP contribution in [-0.4, -0.2) is 10.1 Å². The average Bonchev–Trinajstić information content (AvgIpc) is 2.33. The van der Waals surface area contributed by atoms with Gasteiger partial charge in [0.1, 0.15) is 11.5 Å². The minimum Gasteiger partial charge on any atom is -0.454 e. The topological polar surface area (TPSA) is 42.4 Å². The zero-order valence-corrected chi connectivity index (χ0v) is 11.0. The van der Waals surface area contributed by atoms with Crippen molar-refractivity contribution in [2.24, 2.45) is 0 Å². The number of aliphatic hydroxyl groups excluding tert-OH is 1. The summed E-state index contributed by atoms with van der Waals surface area (Å²) < 4.78 is 5.62. The third kappa shape index (κ3) is 3.00. The minimum atomic E-state index is -0.581. The molecule has 0 aliphatic heterocycles. The van der Waals surface area contributed by atoms with Crippen LogP contribution < -0.4 is 4.74 Å². The molecule has 0 amide bonds. The molecular weight excluding hydrogens is 250 g/mol. The van der Waals surface area contributed by atoms with Crippen molar-refractivity contribution in [2.75, 3.05) is 0 Å². The number of rotatable bonds is 3. The van der Waals surface area contributed by atoms with E-state index in [2.05, 4.69) is 4.98 Å². The Morgan fingerprint density at radius 3 is 2.61 bits per heavy atom. The molecule has 0 radical (unpaired) electrons. The fourth-order valence-corrected chi connectivity index (χ4v) is 1.79. The largest absolute Gasteiger partial charge is 0.454 e. The maximum atomic E-state index is 9.35. The lowest BCUT2D eigenvalue weighted by Gasteiger charge is -2.09. The van der Waals surface area contributed by atoms with Gasteiger partial charge in [-0.3, -0.25) is 4.98 Å². The number of hydrogen-bond acceptors (Lipinski definition) is 3. The molecule has 1 atom stereocenters. The van der Waals surface area contributed by atoms with Crippen molar-refractivity contribution in [3.63, 3.8) is 0 Å². The van der Waals surface area contributed by atoms with E-state index < -0.39 is 6.10 Å². The van der Waals surface area contributed by atoms with Gasteiger partial charge in [0.05, 0.1) is 23.0 Å². The molecule has 18 heavy (non-hydrogen) atoms. The highest BCUT2D eigenvalue weighted by atomic mass is 35.5. The number of aliphatic hydroxyl groups is 1. The number of nitrogens with zero attached hydrogens (tertiary/aromatic N) is 1. The maximum absolute atomic E-state index is 9.35. The molecule has 1 aromatic carbocycles. The van der Waals surface area contributed by atoms with Crippen LogP contribution in [0.3, 0.4) is 0 Å². The summed E-state index contributed by atoms with van der Waals surface area (Å²) in [5.74, 6) is 1.18. The maximum Gasteiger partial charge on any atom is 0.146 e. The monoisotopic (exact) mass is 263 g/mol. The molecule has 1 unspecified atom stereocenters. The predicted octanol–water partition coefficient (Wildman–Crippen LogP) is 3.89. The number of hydrogen-bond donors (Lipinski definition) is 1. The second-order valence-electron chi connectivity index (χ2n) is 4.13. The van der Waals surface area contributed by atoms with Crippen molar-refractivity contribution in [1.29, 1.82) is 0 Å². The van der Waals surface area contributed by atoms with Crippen LogP contribution in [-0.2, 0) is 0 Å². The van der Waals surface area contributed by atoms with E-state index in [9.17, 15) is 5.11 Å². The van der Waals surface area contributed by atoms with Crippen molar-refractivity contribution in [3.8, 4) is 11.5 Å². The summed E-state index contributed by atoms with van der Waals surface area (Å²) >= 11 is 6.08. The van der Waals surface area contributed by atoms with Gasteiger partial charge in [-0.2, -0.15) is 0 Å². The predicted molar refractivity (Wildman–Crippen MR) is 71.1 cm³/mol. The SMILES string of the molecule is Cc1ccc(Oc2ccc(C(C)O)nc2)c(Cl)c1. The van der Waals surface area contributed by atoms with Gasteiger partial charge < -0.3 is 9.84 Å². The number of aromatic nitrogens is 1. The molecule has 0 aliphatic rings. The Balaban J connectivity index is 2.18. The Kier molecular flexibility index (Phi) is 3.84. The van der Waals surface area contributed by atoms with Gasteiger partial charge in [-0.15, -0.1) is 0 Å². The lowest BCUT2D eigenvalue weighted by molar-refractivity contribution is 0.194. The van der Waals surface area contributed by atoms with Gasteiger partial charge in [0.25, 0.3) is 0 Å². The van der Waals surface area contributed by atoms with E-state index in [1.165, 1.54) is 0 Å². The van der Waals surface area contributed by atoms with Crippen molar-refractivity contribution >= 4 is 11.6 Å². The standard InChI is InChI=1S/C14H14ClNO2/c1-9-3-6-14(12(15)7-9)18-11-4-5-13(10(2)17)16-8-11/h3-8,10,17H,1-2H3. The van der Waals surface area contributed by atoms with Crippen molar-refractivity contribution in [2.45, 2.75) is 20.0 Å². The molecule has 1 aromatic heterocycles. The van der Waals surface area contributed by atoms with Gasteiger partial charge in [0.2, 0.25) is 0 Å². The first-order valence-electron chi connectivity index (χ1n) is 5.64. The van der Waals surface area contributed by atoms with Crippen LogP contribution in [0.2, 0.25) is 5.02 Å². The molecule has 1 heterocycles. The molecule has 1 N–H and O–H groups in total. The summed E-state index contributed by atoms with van der Waals surface area (Å²) in [5, 5.41) is 9.92. The lowest BCUT2D eigenvalue weighted by Crippen LogP contribution is -1.95. The number of benzene rings is 1. The van der Waals surface area contributed by atoms with E-state index in [1.54, 1.807) is 25.3 Å². The fourth-order valence-electron chi connectivity index (χ4n) is 1.51. The quantitative estimate of drug-likeness (QED) is 0.914. The molecule has 0 fully saturated rings. The average molecular weight is 264 g/mol. The molecule has 0 saturated heterocycles. The smallest absolute Gasteiger partial charge is 0.146 e. The summed E-state index contributed by atoms with van der Waals surface area (Å²) in [5.41, 5.74) is 1.69. The Labute approximate surface area is 111 Å². The van der Waals surface area contributed by atoms with E-state index >= 15 is 0 Å². The van der Waals surface area contributed by atoms with Crippen LogP contribution in [0.15, 0.2) is 36.5 Å². The molecular formula is C14H14ClNO2. The third-order valence-electron chi connectivity index (χ3n) is 2.50. The van der Waals surface area contributed by atoms with E-state index in [1.807, 2.05) is 25.1 Å². The zero-order valence-electron chi connectivity index (χ0n) is 10.2. The van der Waals surface area contributed by atoms with Crippen LogP contribution in [0.25, 0.3) is 0 Å². The van der Waals surface area contributed by atoms with E-state index in [0.29, 0.717) is 22.2 Å². The first kappa shape index (κ1) is 12.9. The Hall–Kier alpha value is -1.58. The lowest BCUT2D eigenvalue weighted by atomic mass is 10.2. The summed E-state index contributed by atoms with van der Waals surface area (Å²) in [6, 6.07) is 9.07. The molecule has 2 aromatic rings. The second kappa shape index (κ2) is 5.38. The Morgan fingerprint density at radius 2 is 2.06 bits per heavy atom. The highest BCUT2D eigenvalue weighted by Gasteiger charge is 2.05. The van der Waals surface area contributed by atoms with E-state index in [4.69, 9.17) is 16.3 Å². The first-order chi connectivity index (χ1) is 8.56. The van der Waals surface area contributed by atoms with Crippen LogP contribution in [0.4, 0.5) is 0 Å². The summed E-state index contributed by atoms with van der Waals surface area (Å²) in [7, 11) is 0. The van der Waals surface area contributed by atoms with Crippen LogP contribution in [0.5, 0.6) is 11.5 Å². The molecule has 3 nitrogen and oxygen atoms in total. The zero-order chi connectivity index (χ0) is 13.1. The van der Waals surface area contributed by atoms with Crippen LogP contribution in [0, 0.1) is 6.92 Å². The summed E-state index contributed by atoms with van der Waals surface area (Å²) in [6.45, 7) is 3.63. The summed E-state index contributed by atoms with van der Waals surface area (Å²) in [4.78, 5) is 4.10. The number of halogens is 1. The highest BCUT2D eigenvalue weighted by Crippen LogP contribution is 2.29. The second-order valence-corrected chi connectivity index (χ2v) is 4.54. The molecule has 0 aliphatic carbocycles. The van der Waals surface area contributed by atoms with Crippen molar-refractivity contribution < 1.29 is 9.84 Å². The van der Waals surface area contributed by atoms with Crippen molar-refractivity contribution in [3.05, 3.63) is 52.8 Å². The van der Waals surface area contributed by atoms with Gasteiger partial charge in [-0.05, 0) is 43.7 Å². The molecule has 0 saturated carbocycles. The normalized spacial score (nSPS) is 12.2. The molecule has 2 rings (SSSR count). The molecule has 0 bridgehead atoms. The Morgan fingerprint density at radius 1 is 1.28 bits per heavy atom. The number of aryl methyl sites for hydroxylation is 1. The first-order valence-corrected chi connectivity index (χ1v) is 6.02. The highest BCUT2D eigenvalue weighted by molar-refractivity contribution is 6.32. The van der Waals surface area contributed by atoms with Gasteiger partial charge in [-0.25, -0.2) is 0 Å². The van der Waals surface area contributed by atoms with E-state index in [-0.39, 0.29) is 0 Å². The third-order valence-corrected chi connectivity index (χ3v) is 2.80.